The van der Waals surface area contributed by atoms with E-state index in [2.05, 4.69) is 17.3 Å². The number of nitrogens with one attached hydrogen (secondary N) is 1. The molecule has 0 saturated carbocycles. The van der Waals surface area contributed by atoms with Crippen LogP contribution in [0.1, 0.15) is 25.3 Å². The standard InChI is InChI=1S/C13H20N2/c1-15-9-7-13(8-10-15)14-11-12-5-3-2-4-6-12/h2-6,13-14H,7-11H2,1H3/i2D,3D,4D,5D,6D. The highest BCUT2D eigenvalue weighted by Gasteiger charge is 2.15. The lowest BCUT2D eigenvalue weighted by atomic mass is 10.1. The molecule has 1 aliphatic heterocycles. The van der Waals surface area contributed by atoms with Gasteiger partial charge in [-0.2, -0.15) is 0 Å². The van der Waals surface area contributed by atoms with Crippen molar-refractivity contribution in [1.82, 2.24) is 10.2 Å². The van der Waals surface area contributed by atoms with Crippen LogP contribution in [0.4, 0.5) is 0 Å². The van der Waals surface area contributed by atoms with Gasteiger partial charge in [-0.15, -0.1) is 0 Å². The van der Waals surface area contributed by atoms with Crippen molar-refractivity contribution in [3.05, 3.63) is 35.8 Å². The van der Waals surface area contributed by atoms with Crippen LogP contribution in [0.3, 0.4) is 0 Å². The number of likely N-dealkylation sites (tertiary alicyclic amines) is 1. The molecule has 0 amide bonds. The fraction of sp³-hybridized carbons (Fsp3) is 0.538. The zero-order valence-electron chi connectivity index (χ0n) is 14.1. The summed E-state index contributed by atoms with van der Waals surface area (Å²) >= 11 is 0. The smallest absolute Gasteiger partial charge is 0.0626 e. The zero-order chi connectivity index (χ0) is 14.9. The van der Waals surface area contributed by atoms with E-state index >= 15 is 0 Å². The number of nitrogens with zero attached hydrogens (tertiary/aromatic N) is 1. The van der Waals surface area contributed by atoms with E-state index in [0.717, 1.165) is 25.9 Å². The van der Waals surface area contributed by atoms with E-state index in [1.54, 1.807) is 0 Å². The largest absolute Gasteiger partial charge is 0.310 e. The predicted octanol–water partition coefficient (Wildman–Crippen LogP) is 1.87. The number of hydrogen-bond donors (Lipinski definition) is 1. The quantitative estimate of drug-likeness (QED) is 0.817. The van der Waals surface area contributed by atoms with Crippen LogP contribution in [0.2, 0.25) is 0 Å². The summed E-state index contributed by atoms with van der Waals surface area (Å²) in [5, 5.41) is 3.32. The van der Waals surface area contributed by atoms with Crippen LogP contribution in [-0.2, 0) is 6.54 Å². The Morgan fingerprint density at radius 2 is 2.00 bits per heavy atom. The van der Waals surface area contributed by atoms with Crippen LogP contribution < -0.4 is 5.32 Å². The minimum Gasteiger partial charge on any atom is -0.310 e. The van der Waals surface area contributed by atoms with Crippen molar-refractivity contribution in [2.24, 2.45) is 0 Å². The zero-order valence-corrected chi connectivity index (χ0v) is 9.06. The number of piperidine rings is 1. The molecule has 0 unspecified atom stereocenters. The van der Waals surface area contributed by atoms with Crippen LogP contribution in [0.15, 0.2) is 30.2 Å². The molecule has 0 radical (unpaired) electrons. The third-order valence-corrected chi connectivity index (χ3v) is 2.84. The molecule has 0 spiro atoms. The van der Waals surface area contributed by atoms with Crippen LogP contribution in [0.5, 0.6) is 0 Å². The Kier molecular flexibility index (Phi) is 2.12. The van der Waals surface area contributed by atoms with Gasteiger partial charge in [0.2, 0.25) is 0 Å². The van der Waals surface area contributed by atoms with Crippen molar-refractivity contribution in [2.75, 3.05) is 20.1 Å². The summed E-state index contributed by atoms with van der Waals surface area (Å²) in [5.74, 6) is 0. The van der Waals surface area contributed by atoms with E-state index in [4.69, 9.17) is 6.85 Å². The molecule has 1 heterocycles. The van der Waals surface area contributed by atoms with Gasteiger partial charge in [-0.05, 0) is 38.5 Å². The van der Waals surface area contributed by atoms with E-state index in [9.17, 15) is 0 Å². The van der Waals surface area contributed by atoms with Crippen LogP contribution >= 0.6 is 0 Å². The molecule has 1 aromatic carbocycles. The normalized spacial score (nSPS) is 23.9. The van der Waals surface area contributed by atoms with Crippen molar-refractivity contribution in [3.8, 4) is 0 Å². The van der Waals surface area contributed by atoms with Crippen molar-refractivity contribution >= 4 is 0 Å². The van der Waals surface area contributed by atoms with Crippen LogP contribution in [0, 0.1) is 0 Å². The topological polar surface area (TPSA) is 15.3 Å². The Morgan fingerprint density at radius 3 is 2.67 bits per heavy atom. The van der Waals surface area contributed by atoms with E-state index in [1.165, 1.54) is 0 Å². The van der Waals surface area contributed by atoms with Gasteiger partial charge in [0.15, 0.2) is 0 Å². The molecule has 1 N–H and O–H groups in total. The van der Waals surface area contributed by atoms with E-state index < -0.39 is 0 Å². The SMILES string of the molecule is [2H]c1c([2H])c([2H])c(CNC2CCN(C)CC2)c([2H])c1[2H]. The number of hydrogen-bond acceptors (Lipinski definition) is 2. The van der Waals surface area contributed by atoms with E-state index in [0.29, 0.717) is 18.2 Å². The van der Waals surface area contributed by atoms with Gasteiger partial charge in [-0.1, -0.05) is 30.2 Å². The molecule has 1 aliphatic rings. The van der Waals surface area contributed by atoms with Gasteiger partial charge in [0.05, 0.1) is 6.85 Å². The van der Waals surface area contributed by atoms with Crippen molar-refractivity contribution in [2.45, 2.75) is 25.4 Å². The summed E-state index contributed by atoms with van der Waals surface area (Å²) in [7, 11) is 2.09. The second kappa shape index (κ2) is 5.29. The second-order valence-electron chi connectivity index (χ2n) is 4.06. The molecule has 0 bridgehead atoms. The number of rotatable bonds is 3. The molecule has 1 fully saturated rings. The first kappa shape index (κ1) is 6.02. The fourth-order valence-electron chi connectivity index (χ4n) is 1.82. The summed E-state index contributed by atoms with van der Waals surface area (Å²) in [6.07, 6.45) is 2.05. The molecule has 82 valence electrons. The summed E-state index contributed by atoms with van der Waals surface area (Å²) in [6.45, 7) is 2.38. The third kappa shape index (κ3) is 3.33. The van der Waals surface area contributed by atoms with Crippen molar-refractivity contribution < 1.29 is 6.85 Å². The summed E-state index contributed by atoms with van der Waals surface area (Å²) in [4.78, 5) is 2.27. The minimum atomic E-state index is -0.331. The molecule has 2 rings (SSSR count). The maximum Gasteiger partial charge on any atom is 0.0626 e. The summed E-state index contributed by atoms with van der Waals surface area (Å²) in [6, 6.07) is -0.697. The average Bonchev–Trinajstić information content (AvgIpc) is 2.45. The Labute approximate surface area is 99.3 Å². The lowest BCUT2D eigenvalue weighted by Crippen LogP contribution is -2.40. The van der Waals surface area contributed by atoms with Crippen molar-refractivity contribution in [3.63, 3.8) is 0 Å². The highest BCUT2D eigenvalue weighted by atomic mass is 15.1. The van der Waals surface area contributed by atoms with Gasteiger partial charge in [0, 0.05) is 12.6 Å². The second-order valence-corrected chi connectivity index (χ2v) is 4.06. The molecule has 2 heteroatoms. The van der Waals surface area contributed by atoms with E-state index in [1.807, 2.05) is 0 Å². The minimum absolute atomic E-state index is 0.101. The molecule has 0 aliphatic carbocycles. The van der Waals surface area contributed by atoms with Gasteiger partial charge in [-0.25, -0.2) is 0 Å². The van der Waals surface area contributed by atoms with Crippen LogP contribution in [-0.4, -0.2) is 31.1 Å². The van der Waals surface area contributed by atoms with Gasteiger partial charge in [0.1, 0.15) is 0 Å². The van der Waals surface area contributed by atoms with E-state index in [-0.39, 0.29) is 30.2 Å². The van der Waals surface area contributed by atoms with Gasteiger partial charge in [0.25, 0.3) is 0 Å². The first-order chi connectivity index (χ1) is 9.41. The van der Waals surface area contributed by atoms with Gasteiger partial charge >= 0.3 is 0 Å². The molecule has 1 aromatic rings. The van der Waals surface area contributed by atoms with Gasteiger partial charge in [-0.3, -0.25) is 0 Å². The molecule has 15 heavy (non-hydrogen) atoms. The van der Waals surface area contributed by atoms with Gasteiger partial charge < -0.3 is 10.2 Å². The molecular formula is C13H20N2. The molecule has 1 saturated heterocycles. The maximum absolute atomic E-state index is 7.86. The Balaban J connectivity index is 2.10. The maximum atomic E-state index is 7.86. The third-order valence-electron chi connectivity index (χ3n) is 2.84. The number of benzene rings is 1. The first-order valence-corrected chi connectivity index (χ1v) is 5.39. The molecule has 0 atom stereocenters. The molecule has 0 aromatic heterocycles. The summed E-state index contributed by atoms with van der Waals surface area (Å²) < 4.78 is 38.6. The first-order valence-electron chi connectivity index (χ1n) is 7.89. The Morgan fingerprint density at radius 1 is 1.33 bits per heavy atom. The lowest BCUT2D eigenvalue weighted by Gasteiger charge is -2.29. The highest BCUT2D eigenvalue weighted by Crippen LogP contribution is 2.09. The molecule has 2 nitrogen and oxygen atoms in total. The summed E-state index contributed by atoms with van der Waals surface area (Å²) in [5.41, 5.74) is 0.356. The monoisotopic (exact) mass is 209 g/mol. The Hall–Kier alpha value is -0.860. The molecular weight excluding hydrogens is 184 g/mol. The Bertz CT molecular complexity index is 469. The fourth-order valence-corrected chi connectivity index (χ4v) is 1.82. The average molecular weight is 209 g/mol. The highest BCUT2D eigenvalue weighted by molar-refractivity contribution is 5.14. The van der Waals surface area contributed by atoms with Crippen LogP contribution in [0.25, 0.3) is 0 Å². The predicted molar refractivity (Wildman–Crippen MR) is 63.8 cm³/mol. The van der Waals surface area contributed by atoms with Crippen molar-refractivity contribution in [1.29, 1.82) is 0 Å². The lowest BCUT2D eigenvalue weighted by molar-refractivity contribution is 0.234.